The first kappa shape index (κ1) is 16.4. The van der Waals surface area contributed by atoms with E-state index in [1.807, 2.05) is 0 Å². The average molecular weight is 344 g/mol. The average Bonchev–Trinajstić information content (AvgIpc) is 3.40. The molecule has 2 amide bonds. The number of piperidine rings is 1. The Balaban J connectivity index is 1.29. The highest BCUT2D eigenvalue weighted by atomic mass is 16.5. The highest BCUT2D eigenvalue weighted by Gasteiger charge is 2.45. The Kier molecular flexibility index (Phi) is 4.41. The van der Waals surface area contributed by atoms with Crippen molar-refractivity contribution >= 4 is 11.8 Å². The van der Waals surface area contributed by atoms with Gasteiger partial charge in [-0.1, -0.05) is 0 Å². The Hall–Kier alpha value is -2.02. The maximum Gasteiger partial charge on any atom is 0.274 e. The van der Waals surface area contributed by atoms with Crippen LogP contribution in [0.1, 0.15) is 49.0 Å². The maximum atomic E-state index is 12.4. The zero-order chi connectivity index (χ0) is 17.3. The molecule has 1 spiro atoms. The topological polar surface area (TPSA) is 84.4 Å². The lowest BCUT2D eigenvalue weighted by Gasteiger charge is -2.38. The van der Waals surface area contributed by atoms with Crippen LogP contribution in [0, 0.1) is 5.92 Å². The molecule has 1 saturated carbocycles. The summed E-state index contributed by atoms with van der Waals surface area (Å²) in [4.78, 5) is 34.5. The van der Waals surface area contributed by atoms with Gasteiger partial charge in [-0.05, 0) is 44.4 Å². The van der Waals surface area contributed by atoms with Crippen LogP contribution in [0.2, 0.25) is 0 Å². The summed E-state index contributed by atoms with van der Waals surface area (Å²) in [7, 11) is 0. The van der Waals surface area contributed by atoms with E-state index in [2.05, 4.69) is 15.3 Å². The minimum atomic E-state index is -0.332. The third kappa shape index (κ3) is 3.66. The van der Waals surface area contributed by atoms with Gasteiger partial charge in [0.25, 0.3) is 5.91 Å². The smallest absolute Gasteiger partial charge is 0.274 e. The van der Waals surface area contributed by atoms with Crippen molar-refractivity contribution in [1.29, 1.82) is 0 Å². The van der Waals surface area contributed by atoms with Gasteiger partial charge in [0.05, 0.1) is 11.8 Å². The molecule has 2 aliphatic heterocycles. The summed E-state index contributed by atoms with van der Waals surface area (Å²) in [5, 5.41) is 3.01. The van der Waals surface area contributed by atoms with Crippen molar-refractivity contribution in [1.82, 2.24) is 20.2 Å². The van der Waals surface area contributed by atoms with Crippen LogP contribution >= 0.6 is 0 Å². The summed E-state index contributed by atoms with van der Waals surface area (Å²) >= 11 is 0. The Morgan fingerprint density at radius 3 is 2.68 bits per heavy atom. The van der Waals surface area contributed by atoms with E-state index in [0.29, 0.717) is 24.7 Å². The normalized spacial score (nSPS) is 25.1. The van der Waals surface area contributed by atoms with Crippen LogP contribution in [0.4, 0.5) is 0 Å². The standard InChI is InChI=1S/C18H24N4O3/c23-16(21-11-13-1-2-13)15-3-4-18(25-15)5-9-22(10-6-18)17(24)14-12-19-7-8-20-14/h7-8,12-13,15H,1-6,9-11H2,(H,21,23)/t15-/m1/s1. The van der Waals surface area contributed by atoms with E-state index in [1.54, 1.807) is 11.1 Å². The van der Waals surface area contributed by atoms with Crippen LogP contribution in [-0.2, 0) is 9.53 Å². The van der Waals surface area contributed by atoms with E-state index < -0.39 is 0 Å². The van der Waals surface area contributed by atoms with Crippen molar-refractivity contribution in [2.45, 2.75) is 50.2 Å². The van der Waals surface area contributed by atoms with Gasteiger partial charge in [-0.2, -0.15) is 0 Å². The number of hydrogen-bond acceptors (Lipinski definition) is 5. The Morgan fingerprint density at radius 2 is 2.00 bits per heavy atom. The Morgan fingerprint density at radius 1 is 1.20 bits per heavy atom. The lowest BCUT2D eigenvalue weighted by atomic mass is 9.88. The van der Waals surface area contributed by atoms with Gasteiger partial charge >= 0.3 is 0 Å². The number of nitrogens with zero attached hydrogens (tertiary/aromatic N) is 3. The van der Waals surface area contributed by atoms with Crippen molar-refractivity contribution in [2.24, 2.45) is 5.92 Å². The Labute approximate surface area is 147 Å². The summed E-state index contributed by atoms with van der Waals surface area (Å²) < 4.78 is 6.16. The molecule has 1 aliphatic carbocycles. The molecule has 134 valence electrons. The zero-order valence-electron chi connectivity index (χ0n) is 14.3. The lowest BCUT2D eigenvalue weighted by Crippen LogP contribution is -2.47. The fraction of sp³-hybridized carbons (Fsp3) is 0.667. The van der Waals surface area contributed by atoms with Crippen LogP contribution in [0.3, 0.4) is 0 Å². The SMILES string of the molecule is O=C(NCC1CC1)[C@H]1CCC2(CCN(C(=O)c3cnccn3)CC2)O1. The first-order valence-corrected chi connectivity index (χ1v) is 9.16. The number of aromatic nitrogens is 2. The predicted molar refractivity (Wildman–Crippen MR) is 89.7 cm³/mol. The molecular formula is C18H24N4O3. The van der Waals surface area contributed by atoms with Gasteiger partial charge in [0.2, 0.25) is 5.91 Å². The number of hydrogen-bond donors (Lipinski definition) is 1. The van der Waals surface area contributed by atoms with Crippen molar-refractivity contribution in [2.75, 3.05) is 19.6 Å². The molecule has 3 aliphatic rings. The second kappa shape index (κ2) is 6.71. The van der Waals surface area contributed by atoms with E-state index in [4.69, 9.17) is 4.74 Å². The van der Waals surface area contributed by atoms with Crippen LogP contribution in [0.5, 0.6) is 0 Å². The molecule has 4 rings (SSSR count). The lowest BCUT2D eigenvalue weighted by molar-refractivity contribution is -0.140. The molecule has 0 aromatic carbocycles. The number of carbonyl (C=O) groups excluding carboxylic acids is 2. The molecule has 0 bridgehead atoms. The van der Waals surface area contributed by atoms with Crippen LogP contribution in [0.15, 0.2) is 18.6 Å². The molecule has 3 fully saturated rings. The molecular weight excluding hydrogens is 320 g/mol. The molecule has 1 aromatic rings. The van der Waals surface area contributed by atoms with Crippen LogP contribution in [-0.4, -0.2) is 58.0 Å². The number of ether oxygens (including phenoxy) is 1. The van der Waals surface area contributed by atoms with E-state index in [9.17, 15) is 9.59 Å². The largest absolute Gasteiger partial charge is 0.362 e. The van der Waals surface area contributed by atoms with Gasteiger partial charge in [0.15, 0.2) is 0 Å². The second-order valence-electron chi connectivity index (χ2n) is 7.40. The number of amides is 2. The molecule has 3 heterocycles. The van der Waals surface area contributed by atoms with Crippen molar-refractivity contribution in [3.05, 3.63) is 24.3 Å². The third-order valence-electron chi connectivity index (χ3n) is 5.55. The minimum Gasteiger partial charge on any atom is -0.362 e. The monoisotopic (exact) mass is 344 g/mol. The quantitative estimate of drug-likeness (QED) is 0.886. The van der Waals surface area contributed by atoms with Gasteiger partial charge in [-0.15, -0.1) is 0 Å². The Bertz CT molecular complexity index is 639. The molecule has 2 saturated heterocycles. The summed E-state index contributed by atoms with van der Waals surface area (Å²) in [5.74, 6) is 0.621. The van der Waals surface area contributed by atoms with E-state index >= 15 is 0 Å². The highest BCUT2D eigenvalue weighted by molar-refractivity contribution is 5.92. The molecule has 1 atom stereocenters. The third-order valence-corrected chi connectivity index (χ3v) is 5.55. The highest BCUT2D eigenvalue weighted by Crippen LogP contribution is 2.39. The molecule has 1 N–H and O–H groups in total. The predicted octanol–water partition coefficient (Wildman–Crippen LogP) is 1.16. The van der Waals surface area contributed by atoms with Gasteiger partial charge in [-0.3, -0.25) is 14.6 Å². The number of carbonyl (C=O) groups is 2. The minimum absolute atomic E-state index is 0.0295. The van der Waals surface area contributed by atoms with Crippen LogP contribution < -0.4 is 5.32 Å². The van der Waals surface area contributed by atoms with Gasteiger partial charge in [0.1, 0.15) is 11.8 Å². The van der Waals surface area contributed by atoms with Gasteiger partial charge in [0, 0.05) is 32.0 Å². The second-order valence-corrected chi connectivity index (χ2v) is 7.40. The van der Waals surface area contributed by atoms with Crippen LogP contribution in [0.25, 0.3) is 0 Å². The van der Waals surface area contributed by atoms with E-state index in [0.717, 1.165) is 32.2 Å². The van der Waals surface area contributed by atoms with E-state index in [-0.39, 0.29) is 23.5 Å². The molecule has 1 aromatic heterocycles. The first-order valence-electron chi connectivity index (χ1n) is 9.16. The van der Waals surface area contributed by atoms with Crippen molar-refractivity contribution in [3.8, 4) is 0 Å². The molecule has 25 heavy (non-hydrogen) atoms. The summed E-state index contributed by atoms with van der Waals surface area (Å²) in [6.45, 7) is 2.05. The van der Waals surface area contributed by atoms with Crippen molar-refractivity contribution in [3.63, 3.8) is 0 Å². The van der Waals surface area contributed by atoms with Gasteiger partial charge in [-0.25, -0.2) is 4.98 Å². The fourth-order valence-electron chi connectivity index (χ4n) is 3.74. The number of rotatable bonds is 4. The number of nitrogens with one attached hydrogen (secondary N) is 1. The molecule has 7 nitrogen and oxygen atoms in total. The molecule has 0 unspecified atom stereocenters. The van der Waals surface area contributed by atoms with Gasteiger partial charge < -0.3 is 15.0 Å². The van der Waals surface area contributed by atoms with Crippen molar-refractivity contribution < 1.29 is 14.3 Å². The zero-order valence-corrected chi connectivity index (χ0v) is 14.3. The summed E-state index contributed by atoms with van der Waals surface area (Å²) in [6, 6.07) is 0. The molecule has 0 radical (unpaired) electrons. The summed E-state index contributed by atoms with van der Waals surface area (Å²) in [6.07, 6.45) is 9.91. The first-order chi connectivity index (χ1) is 12.2. The fourth-order valence-corrected chi connectivity index (χ4v) is 3.74. The maximum absolute atomic E-state index is 12.4. The molecule has 7 heteroatoms. The number of likely N-dealkylation sites (tertiary alicyclic amines) is 1. The van der Waals surface area contributed by atoms with E-state index in [1.165, 1.54) is 25.2 Å². The summed E-state index contributed by atoms with van der Waals surface area (Å²) in [5.41, 5.74) is 0.129.